The van der Waals surface area contributed by atoms with Crippen molar-refractivity contribution in [3.8, 4) is 5.75 Å². The average molecular weight is 398 g/mol. The summed E-state index contributed by atoms with van der Waals surface area (Å²) in [5.41, 5.74) is 0.777. The van der Waals surface area contributed by atoms with Gasteiger partial charge in [-0.2, -0.15) is 0 Å². The Labute approximate surface area is 133 Å². The number of aromatic nitrogens is 1. The Morgan fingerprint density at radius 1 is 1.50 bits per heavy atom. The van der Waals surface area contributed by atoms with Gasteiger partial charge in [0, 0.05) is 31.9 Å². The van der Waals surface area contributed by atoms with Gasteiger partial charge in [-0.25, -0.2) is 8.78 Å². The van der Waals surface area contributed by atoms with Gasteiger partial charge in [-0.15, -0.1) is 24.0 Å². The molecule has 1 aromatic rings. The first-order chi connectivity index (χ1) is 9.16. The van der Waals surface area contributed by atoms with E-state index in [9.17, 15) is 8.78 Å². The molecule has 0 bridgehead atoms. The molecule has 2 heterocycles. The largest absolute Gasteiger partial charge is 0.486 e. The van der Waals surface area contributed by atoms with E-state index in [1.54, 1.807) is 12.3 Å². The van der Waals surface area contributed by atoms with E-state index >= 15 is 0 Å². The minimum absolute atomic E-state index is 0. The molecule has 0 spiro atoms. The molecule has 0 radical (unpaired) electrons. The van der Waals surface area contributed by atoms with E-state index in [4.69, 9.17) is 4.74 Å². The molecule has 0 atom stereocenters. The van der Waals surface area contributed by atoms with Crippen LogP contribution in [0.25, 0.3) is 0 Å². The highest BCUT2D eigenvalue weighted by Crippen LogP contribution is 2.17. The molecule has 20 heavy (non-hydrogen) atoms. The SMILES string of the molecule is CN1CCN=C1NCc1ccncc1OCC(F)F.I. The Kier molecular flexibility index (Phi) is 6.89. The monoisotopic (exact) mass is 398 g/mol. The van der Waals surface area contributed by atoms with Gasteiger partial charge in [0.05, 0.1) is 12.7 Å². The van der Waals surface area contributed by atoms with E-state index in [-0.39, 0.29) is 24.0 Å². The number of halogens is 3. The highest BCUT2D eigenvalue weighted by Gasteiger charge is 2.13. The van der Waals surface area contributed by atoms with Crippen LogP contribution in [-0.4, -0.2) is 49.0 Å². The van der Waals surface area contributed by atoms with E-state index in [1.807, 2.05) is 11.9 Å². The average Bonchev–Trinajstić information content (AvgIpc) is 2.80. The second-order valence-corrected chi connectivity index (χ2v) is 4.17. The third-order valence-corrected chi connectivity index (χ3v) is 2.73. The van der Waals surface area contributed by atoms with Crippen LogP contribution in [-0.2, 0) is 6.54 Å². The summed E-state index contributed by atoms with van der Waals surface area (Å²) >= 11 is 0. The normalized spacial score (nSPS) is 14.0. The molecule has 0 saturated heterocycles. The number of guanidine groups is 1. The number of ether oxygens (including phenoxy) is 1. The molecule has 1 aromatic heterocycles. The molecule has 0 amide bonds. The maximum Gasteiger partial charge on any atom is 0.272 e. The van der Waals surface area contributed by atoms with Crippen molar-refractivity contribution in [2.75, 3.05) is 26.7 Å². The van der Waals surface area contributed by atoms with Crippen LogP contribution in [0, 0.1) is 0 Å². The second-order valence-electron chi connectivity index (χ2n) is 4.17. The third kappa shape index (κ3) is 4.73. The van der Waals surface area contributed by atoms with Crippen LogP contribution >= 0.6 is 24.0 Å². The van der Waals surface area contributed by atoms with Gasteiger partial charge in [-0.05, 0) is 6.07 Å². The molecule has 8 heteroatoms. The van der Waals surface area contributed by atoms with Gasteiger partial charge >= 0.3 is 0 Å². The predicted molar refractivity (Wildman–Crippen MR) is 82.9 cm³/mol. The van der Waals surface area contributed by atoms with Gasteiger partial charge in [0.1, 0.15) is 12.4 Å². The standard InChI is InChI=1S/C12H16F2N4O.HI/c1-18-5-4-16-12(18)17-6-9-2-3-15-7-10(9)19-8-11(13)14;/h2-3,7,11H,4-6,8H2,1H3,(H,16,17);1H. The molecule has 0 aliphatic carbocycles. The maximum atomic E-state index is 12.1. The summed E-state index contributed by atoms with van der Waals surface area (Å²) in [6.07, 6.45) is 0.553. The van der Waals surface area contributed by atoms with Crippen LogP contribution in [0.1, 0.15) is 5.56 Å². The molecule has 1 N–H and O–H groups in total. The zero-order valence-corrected chi connectivity index (χ0v) is 13.4. The van der Waals surface area contributed by atoms with E-state index < -0.39 is 13.0 Å². The van der Waals surface area contributed by atoms with Crippen molar-refractivity contribution in [3.05, 3.63) is 24.0 Å². The summed E-state index contributed by atoms with van der Waals surface area (Å²) in [5, 5.41) is 3.16. The lowest BCUT2D eigenvalue weighted by molar-refractivity contribution is 0.0812. The highest BCUT2D eigenvalue weighted by molar-refractivity contribution is 14.0. The summed E-state index contributed by atoms with van der Waals surface area (Å²) in [6, 6.07) is 1.74. The molecular weight excluding hydrogens is 381 g/mol. The molecular formula is C12H17F2IN4O. The van der Waals surface area contributed by atoms with Crippen molar-refractivity contribution in [1.29, 1.82) is 0 Å². The fraction of sp³-hybridized carbons (Fsp3) is 0.500. The molecule has 1 aliphatic heterocycles. The lowest BCUT2D eigenvalue weighted by Gasteiger charge is -2.16. The zero-order chi connectivity index (χ0) is 13.7. The summed E-state index contributed by atoms with van der Waals surface area (Å²) in [7, 11) is 1.94. The summed E-state index contributed by atoms with van der Waals surface area (Å²) in [4.78, 5) is 10.2. The lowest BCUT2D eigenvalue weighted by atomic mass is 10.2. The van der Waals surface area contributed by atoms with E-state index in [0.29, 0.717) is 12.3 Å². The third-order valence-electron chi connectivity index (χ3n) is 2.73. The Morgan fingerprint density at radius 3 is 2.95 bits per heavy atom. The Morgan fingerprint density at radius 2 is 2.30 bits per heavy atom. The lowest BCUT2D eigenvalue weighted by Crippen LogP contribution is -2.35. The van der Waals surface area contributed by atoms with E-state index in [1.165, 1.54) is 6.20 Å². The minimum atomic E-state index is -2.49. The zero-order valence-electron chi connectivity index (χ0n) is 11.1. The van der Waals surface area contributed by atoms with Gasteiger partial charge < -0.3 is 15.0 Å². The van der Waals surface area contributed by atoms with Crippen molar-refractivity contribution < 1.29 is 13.5 Å². The number of aliphatic imine (C=N–C) groups is 1. The topological polar surface area (TPSA) is 49.8 Å². The first kappa shape index (κ1) is 16.9. The van der Waals surface area contributed by atoms with Crippen LogP contribution in [0.4, 0.5) is 8.78 Å². The first-order valence-corrected chi connectivity index (χ1v) is 6.00. The van der Waals surface area contributed by atoms with Gasteiger partial charge in [-0.1, -0.05) is 0 Å². The minimum Gasteiger partial charge on any atom is -0.486 e. The number of hydrogen-bond acceptors (Lipinski definition) is 5. The van der Waals surface area contributed by atoms with Gasteiger partial charge in [0.25, 0.3) is 6.43 Å². The van der Waals surface area contributed by atoms with Gasteiger partial charge in [-0.3, -0.25) is 9.98 Å². The predicted octanol–water partition coefficient (Wildman–Crippen LogP) is 1.73. The first-order valence-electron chi connectivity index (χ1n) is 6.00. The number of rotatable bonds is 5. The fourth-order valence-electron chi connectivity index (χ4n) is 1.74. The number of nitrogens with zero attached hydrogens (tertiary/aromatic N) is 3. The maximum absolute atomic E-state index is 12.1. The number of pyridine rings is 1. The van der Waals surface area contributed by atoms with Crippen LogP contribution in [0.15, 0.2) is 23.5 Å². The fourth-order valence-corrected chi connectivity index (χ4v) is 1.74. The molecule has 0 aromatic carbocycles. The van der Waals surface area contributed by atoms with Crippen molar-refractivity contribution in [3.63, 3.8) is 0 Å². The summed E-state index contributed by atoms with van der Waals surface area (Å²) < 4.78 is 29.3. The van der Waals surface area contributed by atoms with Crippen molar-refractivity contribution in [2.24, 2.45) is 4.99 Å². The molecule has 0 saturated carbocycles. The second kappa shape index (κ2) is 8.18. The Hall–Kier alpha value is -1.19. The Balaban J connectivity index is 0.00000200. The van der Waals surface area contributed by atoms with Crippen LogP contribution in [0.2, 0.25) is 0 Å². The van der Waals surface area contributed by atoms with Crippen LogP contribution in [0.3, 0.4) is 0 Å². The van der Waals surface area contributed by atoms with Gasteiger partial charge in [0.15, 0.2) is 5.96 Å². The quantitative estimate of drug-likeness (QED) is 0.768. The Bertz CT molecular complexity index is 459. The molecule has 1 aliphatic rings. The molecule has 0 unspecified atom stereocenters. The number of likely N-dealkylation sites (N-methyl/N-ethyl adjacent to an activating group) is 1. The molecule has 2 rings (SSSR count). The number of nitrogens with one attached hydrogen (secondary N) is 1. The molecule has 0 fully saturated rings. The van der Waals surface area contributed by atoms with Crippen molar-refractivity contribution in [2.45, 2.75) is 13.0 Å². The summed E-state index contributed by atoms with van der Waals surface area (Å²) in [5.74, 6) is 1.17. The van der Waals surface area contributed by atoms with Crippen molar-refractivity contribution in [1.82, 2.24) is 15.2 Å². The summed E-state index contributed by atoms with van der Waals surface area (Å²) in [6.45, 7) is 1.49. The highest BCUT2D eigenvalue weighted by atomic mass is 127. The molecule has 112 valence electrons. The van der Waals surface area contributed by atoms with Crippen molar-refractivity contribution >= 4 is 29.9 Å². The smallest absolute Gasteiger partial charge is 0.272 e. The van der Waals surface area contributed by atoms with Gasteiger partial charge in [0.2, 0.25) is 0 Å². The number of hydrogen-bond donors (Lipinski definition) is 1. The van der Waals surface area contributed by atoms with E-state index in [2.05, 4.69) is 15.3 Å². The van der Waals surface area contributed by atoms with Crippen LogP contribution < -0.4 is 10.1 Å². The number of alkyl halides is 2. The molecule has 5 nitrogen and oxygen atoms in total. The van der Waals surface area contributed by atoms with E-state index in [0.717, 1.165) is 24.6 Å². The van der Waals surface area contributed by atoms with Crippen LogP contribution in [0.5, 0.6) is 5.75 Å².